The lowest BCUT2D eigenvalue weighted by Crippen LogP contribution is -2.36. The Hall–Kier alpha value is -3.56. The normalized spacial score (nSPS) is 19.3. The van der Waals surface area contributed by atoms with Gasteiger partial charge in [-0.05, 0) is 61.3 Å². The maximum atomic E-state index is 12.9. The summed E-state index contributed by atoms with van der Waals surface area (Å²) in [6.07, 6.45) is 5.90. The van der Waals surface area contributed by atoms with E-state index >= 15 is 0 Å². The van der Waals surface area contributed by atoms with E-state index in [4.69, 9.17) is 0 Å². The average molecular weight is 501 g/mol. The Morgan fingerprint density at radius 3 is 2.86 bits per heavy atom. The Balaban J connectivity index is 1.18. The molecule has 0 fully saturated rings. The number of likely N-dealkylation sites (N-methyl/N-ethyl adjacent to an activating group) is 1. The monoisotopic (exact) mass is 500 g/mol. The van der Waals surface area contributed by atoms with Crippen molar-refractivity contribution < 1.29 is 9.59 Å². The van der Waals surface area contributed by atoms with Crippen LogP contribution in [-0.2, 0) is 24.3 Å². The number of anilines is 1. The van der Waals surface area contributed by atoms with Gasteiger partial charge in [-0.25, -0.2) is 0 Å². The number of carbonyl (C=O) groups is 2. The van der Waals surface area contributed by atoms with Crippen LogP contribution < -0.4 is 10.6 Å². The Morgan fingerprint density at radius 1 is 1.14 bits per heavy atom. The van der Waals surface area contributed by atoms with E-state index < -0.39 is 0 Å². The lowest BCUT2D eigenvalue weighted by molar-refractivity contribution is -0.120. The summed E-state index contributed by atoms with van der Waals surface area (Å²) >= 11 is 1.40. The molecule has 0 spiro atoms. The summed E-state index contributed by atoms with van der Waals surface area (Å²) in [7, 11) is 2.11. The Labute approximate surface area is 214 Å². The third-order valence-corrected chi connectivity index (χ3v) is 7.76. The number of aromatic nitrogens is 2. The van der Waals surface area contributed by atoms with Crippen LogP contribution in [0.2, 0.25) is 0 Å². The number of benzene rings is 2. The summed E-state index contributed by atoms with van der Waals surface area (Å²) in [6, 6.07) is 13.3. The van der Waals surface area contributed by atoms with Crippen LogP contribution in [0.25, 0.3) is 0 Å². The zero-order valence-corrected chi connectivity index (χ0v) is 21.1. The van der Waals surface area contributed by atoms with Gasteiger partial charge in [0.25, 0.3) is 5.91 Å². The first-order valence-corrected chi connectivity index (χ1v) is 12.8. The van der Waals surface area contributed by atoms with Gasteiger partial charge < -0.3 is 15.5 Å². The van der Waals surface area contributed by atoms with Gasteiger partial charge in [-0.15, -0.1) is 0 Å². The van der Waals surface area contributed by atoms with Gasteiger partial charge in [0.2, 0.25) is 5.91 Å². The van der Waals surface area contributed by atoms with E-state index in [0.29, 0.717) is 17.8 Å². The lowest BCUT2D eigenvalue weighted by Gasteiger charge is -2.25. The van der Waals surface area contributed by atoms with Gasteiger partial charge >= 0.3 is 0 Å². The third kappa shape index (κ3) is 5.47. The van der Waals surface area contributed by atoms with Crippen molar-refractivity contribution in [2.24, 2.45) is 4.99 Å². The number of amides is 2. The second kappa shape index (κ2) is 10.6. The molecular formula is C27H28N6O2S. The predicted molar refractivity (Wildman–Crippen MR) is 142 cm³/mol. The van der Waals surface area contributed by atoms with Gasteiger partial charge in [-0.2, -0.15) is 0 Å². The van der Waals surface area contributed by atoms with Gasteiger partial charge in [-0.3, -0.25) is 24.5 Å². The predicted octanol–water partition coefficient (Wildman–Crippen LogP) is 3.28. The molecule has 36 heavy (non-hydrogen) atoms. The Kier molecular flexibility index (Phi) is 7.11. The van der Waals surface area contributed by atoms with Gasteiger partial charge in [0, 0.05) is 43.3 Å². The summed E-state index contributed by atoms with van der Waals surface area (Å²) in [5, 5.41) is 6.39. The molecule has 3 aromatic rings. The van der Waals surface area contributed by atoms with Gasteiger partial charge in [0.15, 0.2) is 0 Å². The molecule has 2 amide bonds. The van der Waals surface area contributed by atoms with Gasteiger partial charge in [0.05, 0.1) is 12.2 Å². The van der Waals surface area contributed by atoms with Crippen LogP contribution in [0, 0.1) is 0 Å². The summed E-state index contributed by atoms with van der Waals surface area (Å²) in [5.41, 5.74) is 5.46. The first kappa shape index (κ1) is 24.1. The molecule has 5 rings (SSSR count). The van der Waals surface area contributed by atoms with Gasteiger partial charge in [-0.1, -0.05) is 30.0 Å². The second-order valence-corrected chi connectivity index (χ2v) is 10.3. The molecule has 0 bridgehead atoms. The Morgan fingerprint density at radius 2 is 2.03 bits per heavy atom. The van der Waals surface area contributed by atoms with Crippen molar-refractivity contribution >= 4 is 34.3 Å². The fraction of sp³-hybridized carbons (Fsp3) is 0.296. The molecule has 2 aliphatic heterocycles. The average Bonchev–Trinajstić information content (AvgIpc) is 3.29. The molecule has 184 valence electrons. The van der Waals surface area contributed by atoms with Crippen molar-refractivity contribution in [3.8, 4) is 0 Å². The number of nitrogens with zero attached hydrogens (tertiary/aromatic N) is 4. The summed E-state index contributed by atoms with van der Waals surface area (Å²) in [4.78, 5) is 41.0. The molecule has 0 saturated heterocycles. The maximum absolute atomic E-state index is 12.9. The molecule has 2 aromatic carbocycles. The lowest BCUT2D eigenvalue weighted by atomic mass is 9.99. The fourth-order valence-corrected chi connectivity index (χ4v) is 5.54. The summed E-state index contributed by atoms with van der Waals surface area (Å²) in [6.45, 7) is 4.19. The van der Waals surface area contributed by atoms with Crippen molar-refractivity contribution in [1.29, 1.82) is 0 Å². The van der Waals surface area contributed by atoms with Crippen LogP contribution in [0.1, 0.15) is 39.7 Å². The quantitative estimate of drug-likeness (QED) is 0.539. The first-order chi connectivity index (χ1) is 17.5. The second-order valence-electron chi connectivity index (χ2n) is 9.15. The highest BCUT2D eigenvalue weighted by Gasteiger charge is 2.33. The third-order valence-electron chi connectivity index (χ3n) is 6.36. The molecule has 2 N–H and O–H groups in total. The van der Waals surface area contributed by atoms with Crippen molar-refractivity contribution in [3.63, 3.8) is 0 Å². The fourth-order valence-electron chi connectivity index (χ4n) is 4.40. The highest BCUT2D eigenvalue weighted by atomic mass is 32.2. The van der Waals surface area contributed by atoms with Crippen LogP contribution in [-0.4, -0.2) is 56.6 Å². The summed E-state index contributed by atoms with van der Waals surface area (Å²) < 4.78 is 0. The minimum absolute atomic E-state index is 0.0935. The SMILES string of the molecule is CC1N=C(c2cnccn2)SC1C(=O)NCc1cccc(C(=O)Nc2ccc3c(c2)CN(C)CC3)c1. The molecule has 0 radical (unpaired) electrons. The number of hydrogen-bond donors (Lipinski definition) is 2. The van der Waals surface area contributed by atoms with Crippen molar-refractivity contribution in [2.45, 2.75) is 37.7 Å². The number of thioether (sulfide) groups is 1. The maximum Gasteiger partial charge on any atom is 0.255 e. The largest absolute Gasteiger partial charge is 0.351 e. The molecule has 0 aliphatic carbocycles. The minimum atomic E-state index is -0.337. The summed E-state index contributed by atoms with van der Waals surface area (Å²) in [5.74, 6) is -0.265. The molecule has 8 nitrogen and oxygen atoms in total. The molecule has 9 heteroatoms. The van der Waals surface area contributed by atoms with E-state index in [2.05, 4.69) is 49.7 Å². The number of aliphatic imine (C=N–C) groups is 1. The molecule has 2 unspecified atom stereocenters. The van der Waals surface area contributed by atoms with Crippen molar-refractivity contribution in [1.82, 2.24) is 20.2 Å². The molecular weight excluding hydrogens is 472 g/mol. The number of rotatable bonds is 6. The zero-order valence-electron chi connectivity index (χ0n) is 20.3. The standard InChI is InChI=1S/C27H28N6O2S/c1-17-24(36-27(31-17)23-15-28-9-10-29-23)26(35)30-14-18-4-3-5-20(12-18)25(34)32-22-7-6-19-8-11-33(2)16-21(19)13-22/h3-7,9-10,12-13,15,17,24H,8,11,14,16H2,1-2H3,(H,30,35)(H,32,34). The molecule has 2 atom stereocenters. The minimum Gasteiger partial charge on any atom is -0.351 e. The smallest absolute Gasteiger partial charge is 0.255 e. The topological polar surface area (TPSA) is 99.6 Å². The van der Waals surface area contributed by atoms with E-state index in [1.165, 1.54) is 22.9 Å². The number of fused-ring (bicyclic) bond motifs is 1. The zero-order chi connectivity index (χ0) is 25.1. The van der Waals surface area contributed by atoms with Gasteiger partial charge in [0.1, 0.15) is 16.0 Å². The van der Waals surface area contributed by atoms with E-state index in [1.807, 2.05) is 31.2 Å². The highest BCUT2D eigenvalue weighted by molar-refractivity contribution is 8.15. The van der Waals surface area contributed by atoms with Crippen LogP contribution >= 0.6 is 11.8 Å². The number of nitrogens with one attached hydrogen (secondary N) is 2. The highest BCUT2D eigenvalue weighted by Crippen LogP contribution is 2.30. The molecule has 0 saturated carbocycles. The van der Waals surface area contributed by atoms with Crippen LogP contribution in [0.15, 0.2) is 66.0 Å². The number of hydrogen-bond acceptors (Lipinski definition) is 7. The molecule has 1 aromatic heterocycles. The van der Waals surface area contributed by atoms with E-state index in [9.17, 15) is 9.59 Å². The van der Waals surface area contributed by atoms with E-state index in [0.717, 1.165) is 35.8 Å². The van der Waals surface area contributed by atoms with Crippen LogP contribution in [0.3, 0.4) is 0 Å². The molecule has 3 heterocycles. The van der Waals surface area contributed by atoms with Crippen molar-refractivity contribution in [2.75, 3.05) is 18.9 Å². The van der Waals surface area contributed by atoms with Crippen LogP contribution in [0.5, 0.6) is 0 Å². The first-order valence-electron chi connectivity index (χ1n) is 12.0. The van der Waals surface area contributed by atoms with E-state index in [-0.39, 0.29) is 23.1 Å². The van der Waals surface area contributed by atoms with Crippen LogP contribution in [0.4, 0.5) is 5.69 Å². The van der Waals surface area contributed by atoms with Crippen molar-refractivity contribution in [3.05, 3.63) is 89.0 Å². The molecule has 2 aliphatic rings. The van der Waals surface area contributed by atoms with E-state index in [1.54, 1.807) is 24.7 Å². The number of carbonyl (C=O) groups excluding carboxylic acids is 2. The Bertz CT molecular complexity index is 1310.